The SMILES string of the molecule is CC/C=C\C/C=C\C/C=C\C/C=C\C/C=C\C/C=C\CCC(=O)OCC(COP(=O)(O)OCC(CO)OC(=O)CCCCCCCCCCCCCCC)OC(=O)CCCCCCC/C=C\C/C=C\C/C=C\CC. The lowest BCUT2D eigenvalue weighted by Crippen LogP contribution is -2.30. The fraction of sp³-hybridized carbons (Fsp3) is 0.661. The summed E-state index contributed by atoms with van der Waals surface area (Å²) in [6.07, 6.45) is 66.3. The lowest BCUT2D eigenvalue weighted by Gasteiger charge is -2.21. The second kappa shape index (κ2) is 55.4. The number of aliphatic hydroxyl groups excluding tert-OH is 1. The Morgan fingerprint density at radius 1 is 0.392 bits per heavy atom. The van der Waals surface area contributed by atoms with Gasteiger partial charge in [0.1, 0.15) is 12.7 Å². The summed E-state index contributed by atoms with van der Waals surface area (Å²) < 4.78 is 39.4. The third kappa shape index (κ3) is 53.0. The first-order valence-electron chi connectivity index (χ1n) is 28.8. The molecule has 0 aliphatic carbocycles. The van der Waals surface area contributed by atoms with Crippen LogP contribution in [0.2, 0.25) is 0 Å². The fourth-order valence-corrected chi connectivity index (χ4v) is 8.18. The molecule has 0 heterocycles. The molecule has 12 heteroatoms. The largest absolute Gasteiger partial charge is 0.472 e. The van der Waals surface area contributed by atoms with E-state index in [1.807, 2.05) is 12.2 Å². The monoisotopic (exact) mass is 1050 g/mol. The van der Waals surface area contributed by atoms with Gasteiger partial charge in [0.15, 0.2) is 6.10 Å². The van der Waals surface area contributed by atoms with Gasteiger partial charge in [0.2, 0.25) is 0 Å². The number of rotatable bonds is 52. The smallest absolute Gasteiger partial charge is 0.462 e. The Kier molecular flexibility index (Phi) is 52.5. The number of carbonyl (C=O) groups is 3. The van der Waals surface area contributed by atoms with Crippen molar-refractivity contribution in [1.82, 2.24) is 0 Å². The van der Waals surface area contributed by atoms with Gasteiger partial charge in [-0.2, -0.15) is 0 Å². The van der Waals surface area contributed by atoms with Crippen LogP contribution in [-0.4, -0.2) is 66.5 Å². The molecule has 0 aromatic carbocycles. The number of phosphoric acid groups is 1. The third-order valence-electron chi connectivity index (χ3n) is 11.7. The highest BCUT2D eigenvalue weighted by Gasteiger charge is 2.28. The molecule has 0 aromatic heterocycles. The van der Waals surface area contributed by atoms with E-state index < -0.39 is 57.8 Å². The van der Waals surface area contributed by atoms with Crippen LogP contribution in [0, 0.1) is 0 Å². The maximum atomic E-state index is 12.9. The van der Waals surface area contributed by atoms with Crippen molar-refractivity contribution in [3.8, 4) is 0 Å². The first-order valence-corrected chi connectivity index (χ1v) is 30.3. The number of aliphatic hydroxyl groups is 1. The van der Waals surface area contributed by atoms with Gasteiger partial charge in [-0.1, -0.05) is 226 Å². The molecule has 0 rings (SSSR count). The molecule has 0 aliphatic heterocycles. The number of unbranched alkanes of at least 4 members (excludes halogenated alkanes) is 17. The van der Waals surface area contributed by atoms with Gasteiger partial charge in [0.25, 0.3) is 0 Å². The molecule has 0 fully saturated rings. The maximum Gasteiger partial charge on any atom is 0.472 e. The Morgan fingerprint density at radius 2 is 0.730 bits per heavy atom. The average Bonchev–Trinajstić information content (AvgIpc) is 3.39. The number of ether oxygens (including phenoxy) is 3. The lowest BCUT2D eigenvalue weighted by atomic mass is 10.0. The summed E-state index contributed by atoms with van der Waals surface area (Å²) in [5, 5.41) is 9.81. The van der Waals surface area contributed by atoms with E-state index in [0.29, 0.717) is 19.3 Å². The van der Waals surface area contributed by atoms with Crippen LogP contribution in [0.3, 0.4) is 0 Å². The van der Waals surface area contributed by atoms with Gasteiger partial charge in [-0.25, -0.2) is 4.57 Å². The molecule has 0 aliphatic rings. The van der Waals surface area contributed by atoms with E-state index in [4.69, 9.17) is 23.3 Å². The second-order valence-corrected chi connectivity index (χ2v) is 20.1. The molecule has 3 unspecified atom stereocenters. The highest BCUT2D eigenvalue weighted by Crippen LogP contribution is 2.43. The normalized spacial score (nSPS) is 14.2. The summed E-state index contributed by atoms with van der Waals surface area (Å²) in [4.78, 5) is 48.5. The summed E-state index contributed by atoms with van der Waals surface area (Å²) in [5.41, 5.74) is 0. The molecule has 0 spiro atoms. The maximum absolute atomic E-state index is 12.9. The van der Waals surface area contributed by atoms with Gasteiger partial charge in [0, 0.05) is 19.3 Å². The van der Waals surface area contributed by atoms with E-state index >= 15 is 0 Å². The number of hydrogen-bond acceptors (Lipinski definition) is 10. The number of phosphoric ester groups is 1. The van der Waals surface area contributed by atoms with Crippen LogP contribution in [0.15, 0.2) is 109 Å². The Hall–Kier alpha value is -3.86. The van der Waals surface area contributed by atoms with Crippen molar-refractivity contribution in [3.63, 3.8) is 0 Å². The third-order valence-corrected chi connectivity index (χ3v) is 12.7. The molecule has 11 nitrogen and oxygen atoms in total. The van der Waals surface area contributed by atoms with Crippen molar-refractivity contribution in [3.05, 3.63) is 109 Å². The Balaban J connectivity index is 4.86. The van der Waals surface area contributed by atoms with Gasteiger partial charge in [-0.05, 0) is 89.9 Å². The molecule has 0 saturated carbocycles. The van der Waals surface area contributed by atoms with Crippen LogP contribution in [0.1, 0.15) is 226 Å². The zero-order valence-electron chi connectivity index (χ0n) is 46.5. The minimum Gasteiger partial charge on any atom is -0.462 e. The van der Waals surface area contributed by atoms with E-state index in [9.17, 15) is 28.9 Å². The van der Waals surface area contributed by atoms with E-state index in [1.165, 1.54) is 57.8 Å². The number of hydrogen-bond donors (Lipinski definition) is 2. The quantitative estimate of drug-likeness (QED) is 0.0197. The van der Waals surface area contributed by atoms with Crippen molar-refractivity contribution < 1.29 is 52.2 Å². The van der Waals surface area contributed by atoms with Gasteiger partial charge in [0.05, 0.1) is 19.8 Å². The number of esters is 3. The van der Waals surface area contributed by atoms with Crippen LogP contribution in [0.4, 0.5) is 0 Å². The predicted molar refractivity (Wildman–Crippen MR) is 307 cm³/mol. The highest BCUT2D eigenvalue weighted by molar-refractivity contribution is 7.47. The molecule has 0 radical (unpaired) electrons. The van der Waals surface area contributed by atoms with Gasteiger partial charge in [-0.3, -0.25) is 23.4 Å². The van der Waals surface area contributed by atoms with Crippen LogP contribution < -0.4 is 0 Å². The molecule has 0 bridgehead atoms. The second-order valence-electron chi connectivity index (χ2n) is 18.7. The first-order chi connectivity index (χ1) is 36.2. The van der Waals surface area contributed by atoms with Gasteiger partial charge in [-0.15, -0.1) is 0 Å². The fourth-order valence-electron chi connectivity index (χ4n) is 7.40. The molecular formula is C62H103O11P. The van der Waals surface area contributed by atoms with Crippen molar-refractivity contribution in [2.75, 3.05) is 26.4 Å². The molecule has 0 aromatic rings. The van der Waals surface area contributed by atoms with Crippen molar-refractivity contribution in [2.24, 2.45) is 0 Å². The zero-order valence-corrected chi connectivity index (χ0v) is 47.4. The minimum atomic E-state index is -4.77. The molecular weight excluding hydrogens is 952 g/mol. The summed E-state index contributed by atoms with van der Waals surface area (Å²) in [6, 6.07) is 0. The molecule has 74 heavy (non-hydrogen) atoms. The van der Waals surface area contributed by atoms with Crippen molar-refractivity contribution >= 4 is 25.7 Å². The van der Waals surface area contributed by atoms with Crippen LogP contribution in [-0.2, 0) is 42.2 Å². The average molecular weight is 1060 g/mol. The molecule has 3 atom stereocenters. The molecule has 0 saturated heterocycles. The first kappa shape index (κ1) is 70.1. The van der Waals surface area contributed by atoms with E-state index in [2.05, 4.69) is 118 Å². The molecule has 2 N–H and O–H groups in total. The lowest BCUT2D eigenvalue weighted by molar-refractivity contribution is -0.161. The molecule has 422 valence electrons. The van der Waals surface area contributed by atoms with Crippen LogP contribution >= 0.6 is 7.82 Å². The zero-order chi connectivity index (χ0) is 54.1. The Morgan fingerprint density at radius 3 is 1.14 bits per heavy atom. The molecule has 0 amide bonds. The van der Waals surface area contributed by atoms with Gasteiger partial charge >= 0.3 is 25.7 Å². The topological polar surface area (TPSA) is 155 Å². The Labute approximate surface area is 450 Å². The summed E-state index contributed by atoms with van der Waals surface area (Å²) in [5.74, 6) is -1.59. The number of carbonyl (C=O) groups excluding carboxylic acids is 3. The van der Waals surface area contributed by atoms with Crippen LogP contribution in [0.5, 0.6) is 0 Å². The van der Waals surface area contributed by atoms with Crippen molar-refractivity contribution in [1.29, 1.82) is 0 Å². The van der Waals surface area contributed by atoms with E-state index in [0.717, 1.165) is 109 Å². The van der Waals surface area contributed by atoms with Gasteiger partial charge < -0.3 is 24.2 Å². The van der Waals surface area contributed by atoms with Crippen LogP contribution in [0.25, 0.3) is 0 Å². The standard InChI is InChI=1S/C62H103O11P/c1-4-7-10-13-16-19-22-25-27-28-29-30-32-34-36-39-42-45-48-51-60(64)69-55-59(73-62(66)53-50-47-44-41-38-35-31-26-23-20-17-14-11-8-5-2)57-71-74(67,68)70-56-58(54-63)72-61(65)52-49-46-43-40-37-33-24-21-18-15-12-9-6-3/h7-8,10-11,16-17,19-20,25-27,29-31,34,36,42,45,58-59,63H,4-6,9,12-15,18,21-24,28,32-33,35,37-41,43-44,46-57H2,1-3H3,(H,67,68)/b10-7-,11-8-,19-16-,20-17-,27-25-,30-29-,31-26-,36-34-,45-42-. The van der Waals surface area contributed by atoms with E-state index in [-0.39, 0.29) is 25.9 Å². The van der Waals surface area contributed by atoms with E-state index in [1.54, 1.807) is 0 Å². The summed E-state index contributed by atoms with van der Waals surface area (Å²) >= 11 is 0. The summed E-state index contributed by atoms with van der Waals surface area (Å²) in [6.45, 7) is 4.31. The Bertz CT molecular complexity index is 1660. The summed E-state index contributed by atoms with van der Waals surface area (Å²) in [7, 11) is -4.77. The highest BCUT2D eigenvalue weighted by atomic mass is 31.2. The predicted octanol–water partition coefficient (Wildman–Crippen LogP) is 17.0. The number of allylic oxidation sites excluding steroid dienone is 18. The van der Waals surface area contributed by atoms with Crippen molar-refractivity contribution in [2.45, 2.75) is 238 Å². The minimum absolute atomic E-state index is 0.0930.